The third-order valence-corrected chi connectivity index (χ3v) is 3.20. The van der Waals surface area contributed by atoms with Crippen LogP contribution >= 0.6 is 11.6 Å². The Hall–Kier alpha value is -2.28. The van der Waals surface area contributed by atoms with E-state index in [1.54, 1.807) is 18.2 Å². The van der Waals surface area contributed by atoms with E-state index in [0.29, 0.717) is 17.3 Å². The molecule has 1 aromatic rings. The number of esters is 1. The Morgan fingerprint density at radius 3 is 2.54 bits per heavy atom. The molecular weight excluding hydrogens is 336 g/mol. The summed E-state index contributed by atoms with van der Waals surface area (Å²) in [4.78, 5) is 34.3. The summed E-state index contributed by atoms with van der Waals surface area (Å²) in [6.45, 7) is 5.18. The Morgan fingerprint density at radius 1 is 1.21 bits per heavy atom. The molecule has 0 aromatic heterocycles. The summed E-state index contributed by atoms with van der Waals surface area (Å²) in [5, 5.41) is 5.16. The van der Waals surface area contributed by atoms with Crippen LogP contribution in [-0.2, 0) is 14.3 Å². The number of aryl methyl sites for hydroxylation is 1. The lowest BCUT2D eigenvalue weighted by Gasteiger charge is -2.09. The van der Waals surface area contributed by atoms with Crippen LogP contribution in [0, 0.1) is 12.8 Å². The third kappa shape index (κ3) is 7.82. The van der Waals surface area contributed by atoms with E-state index in [9.17, 15) is 14.4 Å². The van der Waals surface area contributed by atoms with Gasteiger partial charge in [0.15, 0.2) is 13.2 Å². The second-order valence-electron chi connectivity index (χ2n) is 5.51. The lowest BCUT2D eigenvalue weighted by molar-refractivity contribution is -0.150. The van der Waals surface area contributed by atoms with Crippen molar-refractivity contribution in [3.05, 3.63) is 28.8 Å². The van der Waals surface area contributed by atoms with Crippen LogP contribution in [0.4, 0.5) is 4.79 Å². The van der Waals surface area contributed by atoms with E-state index < -0.39 is 24.5 Å². The minimum atomic E-state index is -0.722. The number of halogens is 1. The SMILES string of the molecule is Cc1cc(OCC(=O)OCC(=O)NC(=O)NCC(C)C)ccc1Cl. The quantitative estimate of drug-likeness (QED) is 0.729. The summed E-state index contributed by atoms with van der Waals surface area (Å²) in [6.07, 6.45) is 0. The van der Waals surface area contributed by atoms with E-state index in [4.69, 9.17) is 21.1 Å². The van der Waals surface area contributed by atoms with E-state index >= 15 is 0 Å². The molecule has 0 bridgehead atoms. The van der Waals surface area contributed by atoms with Gasteiger partial charge in [0.1, 0.15) is 5.75 Å². The maximum absolute atomic E-state index is 11.5. The van der Waals surface area contributed by atoms with Crippen LogP contribution in [0.25, 0.3) is 0 Å². The van der Waals surface area contributed by atoms with Gasteiger partial charge in [-0.3, -0.25) is 10.1 Å². The van der Waals surface area contributed by atoms with Crippen molar-refractivity contribution < 1.29 is 23.9 Å². The molecule has 0 aliphatic heterocycles. The number of hydrogen-bond acceptors (Lipinski definition) is 5. The first-order chi connectivity index (χ1) is 11.3. The number of rotatable bonds is 7. The average molecular weight is 357 g/mol. The number of carbonyl (C=O) groups is 3. The van der Waals surface area contributed by atoms with Gasteiger partial charge in [-0.05, 0) is 36.6 Å². The number of carbonyl (C=O) groups excluding carboxylic acids is 3. The van der Waals surface area contributed by atoms with Crippen LogP contribution in [0.3, 0.4) is 0 Å². The van der Waals surface area contributed by atoms with Crippen molar-refractivity contribution in [3.63, 3.8) is 0 Å². The minimum Gasteiger partial charge on any atom is -0.482 e. The normalized spacial score (nSPS) is 10.2. The number of urea groups is 1. The van der Waals surface area contributed by atoms with Crippen LogP contribution in [0.15, 0.2) is 18.2 Å². The van der Waals surface area contributed by atoms with Crippen LogP contribution in [-0.4, -0.2) is 37.7 Å². The first kappa shape index (κ1) is 19.8. The van der Waals surface area contributed by atoms with E-state index in [0.717, 1.165) is 5.56 Å². The first-order valence-corrected chi connectivity index (χ1v) is 7.78. The van der Waals surface area contributed by atoms with Gasteiger partial charge in [-0.15, -0.1) is 0 Å². The Kier molecular flexibility index (Phi) is 8.05. The van der Waals surface area contributed by atoms with Crippen molar-refractivity contribution in [1.82, 2.24) is 10.6 Å². The maximum atomic E-state index is 11.5. The Balaban J connectivity index is 2.26. The number of ether oxygens (including phenoxy) is 2. The molecule has 7 nitrogen and oxygen atoms in total. The van der Waals surface area contributed by atoms with Crippen LogP contribution in [0.2, 0.25) is 5.02 Å². The summed E-state index contributed by atoms with van der Waals surface area (Å²) >= 11 is 5.88. The van der Waals surface area contributed by atoms with E-state index in [1.807, 2.05) is 20.8 Å². The Morgan fingerprint density at radius 2 is 1.92 bits per heavy atom. The van der Waals surface area contributed by atoms with Gasteiger partial charge in [0.2, 0.25) is 0 Å². The minimum absolute atomic E-state index is 0.261. The lowest BCUT2D eigenvalue weighted by Crippen LogP contribution is -2.42. The maximum Gasteiger partial charge on any atom is 0.344 e. The van der Waals surface area contributed by atoms with Crippen LogP contribution < -0.4 is 15.4 Å². The van der Waals surface area contributed by atoms with Crippen LogP contribution in [0.5, 0.6) is 5.75 Å². The van der Waals surface area contributed by atoms with E-state index in [1.165, 1.54) is 0 Å². The summed E-state index contributed by atoms with van der Waals surface area (Å²) < 4.78 is 9.96. The molecule has 0 saturated carbocycles. The number of hydrogen-bond donors (Lipinski definition) is 2. The van der Waals surface area contributed by atoms with Crippen molar-refractivity contribution >= 4 is 29.5 Å². The summed E-state index contributed by atoms with van der Waals surface area (Å²) in [6, 6.07) is 4.33. The predicted molar refractivity (Wildman–Crippen MR) is 89.0 cm³/mol. The highest BCUT2D eigenvalue weighted by Gasteiger charge is 2.11. The fourth-order valence-corrected chi connectivity index (χ4v) is 1.66. The molecule has 2 N–H and O–H groups in total. The van der Waals surface area contributed by atoms with Gasteiger partial charge in [0, 0.05) is 11.6 Å². The number of benzene rings is 1. The zero-order valence-electron chi connectivity index (χ0n) is 13.8. The Bertz CT molecular complexity index is 604. The molecule has 1 aromatic carbocycles. The molecule has 0 heterocycles. The van der Waals surface area contributed by atoms with Crippen molar-refractivity contribution in [2.24, 2.45) is 5.92 Å². The molecule has 0 aliphatic carbocycles. The molecule has 0 unspecified atom stereocenters. The van der Waals surface area contributed by atoms with Crippen LogP contribution in [0.1, 0.15) is 19.4 Å². The first-order valence-electron chi connectivity index (χ1n) is 7.40. The van der Waals surface area contributed by atoms with Gasteiger partial charge in [-0.1, -0.05) is 25.4 Å². The predicted octanol–water partition coefficient (Wildman–Crippen LogP) is 2.05. The third-order valence-electron chi connectivity index (χ3n) is 2.77. The fraction of sp³-hybridized carbons (Fsp3) is 0.438. The smallest absolute Gasteiger partial charge is 0.344 e. The molecule has 0 aliphatic rings. The van der Waals surface area contributed by atoms with Gasteiger partial charge in [-0.2, -0.15) is 0 Å². The monoisotopic (exact) mass is 356 g/mol. The molecule has 0 radical (unpaired) electrons. The molecule has 8 heteroatoms. The zero-order valence-corrected chi connectivity index (χ0v) is 14.6. The molecule has 3 amide bonds. The zero-order chi connectivity index (χ0) is 18.1. The van der Waals surface area contributed by atoms with E-state index in [-0.39, 0.29) is 12.5 Å². The highest BCUT2D eigenvalue weighted by Crippen LogP contribution is 2.20. The van der Waals surface area contributed by atoms with Gasteiger partial charge >= 0.3 is 12.0 Å². The topological polar surface area (TPSA) is 93.7 Å². The average Bonchev–Trinajstić information content (AvgIpc) is 2.52. The second-order valence-corrected chi connectivity index (χ2v) is 5.92. The van der Waals surface area contributed by atoms with Gasteiger partial charge in [0.05, 0.1) is 0 Å². The molecule has 1 rings (SSSR count). The lowest BCUT2D eigenvalue weighted by atomic mass is 10.2. The van der Waals surface area contributed by atoms with Gasteiger partial charge < -0.3 is 14.8 Å². The molecule has 132 valence electrons. The standard InChI is InChI=1S/C16H21ClN2O5/c1-10(2)7-18-16(22)19-14(20)8-24-15(21)9-23-12-4-5-13(17)11(3)6-12/h4-6,10H,7-9H2,1-3H3,(H2,18,19,20,22). The van der Waals surface area contributed by atoms with Gasteiger partial charge in [0.25, 0.3) is 5.91 Å². The molecule has 0 saturated heterocycles. The fourth-order valence-electron chi connectivity index (χ4n) is 1.54. The summed E-state index contributed by atoms with van der Waals surface area (Å²) in [5.41, 5.74) is 0.814. The number of amides is 3. The molecule has 24 heavy (non-hydrogen) atoms. The summed E-state index contributed by atoms with van der Waals surface area (Å²) in [7, 11) is 0. The second kappa shape index (κ2) is 9.77. The van der Waals surface area contributed by atoms with Gasteiger partial charge in [-0.25, -0.2) is 9.59 Å². The van der Waals surface area contributed by atoms with Crippen molar-refractivity contribution in [2.75, 3.05) is 19.8 Å². The largest absolute Gasteiger partial charge is 0.482 e. The molecule has 0 spiro atoms. The summed E-state index contributed by atoms with van der Waals surface area (Å²) in [5.74, 6) is -0.712. The van der Waals surface area contributed by atoms with E-state index in [2.05, 4.69) is 10.6 Å². The highest BCUT2D eigenvalue weighted by atomic mass is 35.5. The van der Waals surface area contributed by atoms with Crippen molar-refractivity contribution in [3.8, 4) is 5.75 Å². The number of nitrogens with one attached hydrogen (secondary N) is 2. The number of imide groups is 1. The molecule has 0 atom stereocenters. The Labute approximate surface area is 145 Å². The van der Waals surface area contributed by atoms with Crippen molar-refractivity contribution in [2.45, 2.75) is 20.8 Å². The highest BCUT2D eigenvalue weighted by molar-refractivity contribution is 6.31. The molecular formula is C16H21ClN2O5. The molecule has 0 fully saturated rings. The van der Waals surface area contributed by atoms with Crippen molar-refractivity contribution in [1.29, 1.82) is 0 Å².